The Morgan fingerprint density at radius 2 is 1.69 bits per heavy atom. The number of hydrogen-bond donors (Lipinski definition) is 2. The Balaban J connectivity index is 1.80. The molecule has 3 rings (SSSR count). The van der Waals surface area contributed by atoms with Crippen LogP contribution >= 0.6 is 0 Å². The van der Waals surface area contributed by atoms with E-state index in [1.165, 1.54) is 0 Å². The number of para-hydroxylation sites is 1. The van der Waals surface area contributed by atoms with Gasteiger partial charge in [0.25, 0.3) is 5.91 Å². The summed E-state index contributed by atoms with van der Waals surface area (Å²) in [5.41, 5.74) is 3.36. The second-order valence-electron chi connectivity index (χ2n) is 7.19. The monoisotopic (exact) mass is 391 g/mol. The van der Waals surface area contributed by atoms with Gasteiger partial charge in [-0.15, -0.1) is 0 Å². The molecule has 2 amide bonds. The van der Waals surface area contributed by atoms with Gasteiger partial charge in [-0.3, -0.25) is 14.6 Å². The summed E-state index contributed by atoms with van der Waals surface area (Å²) in [5, 5.41) is 10.3. The van der Waals surface area contributed by atoms with Gasteiger partial charge < -0.3 is 10.6 Å². The number of hydrogen-bond acceptors (Lipinski definition) is 4. The molecule has 0 bridgehead atoms. The molecular weight excluding hydrogens is 366 g/mol. The number of carbonyl (C=O) groups excluding carboxylic acids is 2. The molecule has 2 aromatic heterocycles. The van der Waals surface area contributed by atoms with Gasteiger partial charge >= 0.3 is 0 Å². The highest BCUT2D eigenvalue weighted by molar-refractivity contribution is 6.01. The average molecular weight is 391 g/mol. The topological polar surface area (TPSA) is 88.9 Å². The first-order valence-electron chi connectivity index (χ1n) is 9.53. The van der Waals surface area contributed by atoms with E-state index in [4.69, 9.17) is 0 Å². The Bertz CT molecular complexity index is 997. The number of aromatic nitrogens is 3. The second-order valence-corrected chi connectivity index (χ2v) is 7.19. The Hall–Kier alpha value is -3.48. The summed E-state index contributed by atoms with van der Waals surface area (Å²) in [5.74, 6) is -0.775. The summed E-state index contributed by atoms with van der Waals surface area (Å²) < 4.78 is 1.79. The van der Waals surface area contributed by atoms with Crippen LogP contribution in [0.3, 0.4) is 0 Å². The number of amides is 2. The first kappa shape index (κ1) is 20.3. The van der Waals surface area contributed by atoms with Crippen molar-refractivity contribution in [3.05, 3.63) is 71.8 Å². The number of carbonyl (C=O) groups is 2. The summed E-state index contributed by atoms with van der Waals surface area (Å²) >= 11 is 0. The highest BCUT2D eigenvalue weighted by Crippen LogP contribution is 2.23. The number of aryl methyl sites for hydroxylation is 1. The predicted octanol–water partition coefficient (Wildman–Crippen LogP) is 3.28. The zero-order chi connectivity index (χ0) is 21.0. The second kappa shape index (κ2) is 8.68. The maximum Gasteiger partial charge on any atom is 0.270 e. The zero-order valence-electron chi connectivity index (χ0n) is 17.0. The van der Waals surface area contributed by atoms with Crippen molar-refractivity contribution in [2.75, 3.05) is 5.32 Å². The van der Waals surface area contributed by atoms with E-state index in [1.54, 1.807) is 29.1 Å². The fraction of sp³-hybridized carbons (Fsp3) is 0.273. The lowest BCUT2D eigenvalue weighted by Gasteiger charge is -2.21. The largest absolute Gasteiger partial charge is 0.339 e. The van der Waals surface area contributed by atoms with Crippen LogP contribution in [0.4, 0.5) is 5.69 Å². The lowest BCUT2D eigenvalue weighted by Crippen LogP contribution is -2.47. The number of anilines is 1. The molecule has 1 atom stereocenters. The van der Waals surface area contributed by atoms with Crippen molar-refractivity contribution in [2.45, 2.75) is 33.7 Å². The molecular formula is C22H25N5O2. The van der Waals surface area contributed by atoms with Crippen LogP contribution in [0.25, 0.3) is 5.69 Å². The molecule has 150 valence electrons. The van der Waals surface area contributed by atoms with Crippen LogP contribution in [0.5, 0.6) is 0 Å². The van der Waals surface area contributed by atoms with Gasteiger partial charge in [-0.25, -0.2) is 4.68 Å². The highest BCUT2D eigenvalue weighted by Gasteiger charge is 2.27. The molecule has 0 aliphatic heterocycles. The first-order chi connectivity index (χ1) is 13.9. The minimum Gasteiger partial charge on any atom is -0.339 e. The molecule has 0 aliphatic carbocycles. The highest BCUT2D eigenvalue weighted by atomic mass is 16.2. The molecule has 7 nitrogen and oxygen atoms in total. The Kier molecular flexibility index (Phi) is 6.07. The number of nitrogens with zero attached hydrogens (tertiary/aromatic N) is 3. The standard InChI is InChI=1S/C22H25N5O2/c1-14(2)19(24-21(28)18-12-8-9-13-23-18)22(29)25-20-15(3)26-27(16(20)4)17-10-6-5-7-11-17/h5-14,19H,1-4H3,(H,24,28)(H,25,29)/t19-/m1/s1. The van der Waals surface area contributed by atoms with Gasteiger partial charge in [0.15, 0.2) is 0 Å². The van der Waals surface area contributed by atoms with Crippen molar-refractivity contribution in [1.29, 1.82) is 0 Å². The van der Waals surface area contributed by atoms with Crippen LogP contribution in [0.15, 0.2) is 54.7 Å². The van der Waals surface area contributed by atoms with Gasteiger partial charge in [0.2, 0.25) is 5.91 Å². The van der Waals surface area contributed by atoms with Crippen molar-refractivity contribution in [3.8, 4) is 5.69 Å². The molecule has 2 heterocycles. The van der Waals surface area contributed by atoms with Crippen molar-refractivity contribution >= 4 is 17.5 Å². The van der Waals surface area contributed by atoms with E-state index in [2.05, 4.69) is 20.7 Å². The molecule has 0 radical (unpaired) electrons. The van der Waals surface area contributed by atoms with Crippen molar-refractivity contribution in [1.82, 2.24) is 20.1 Å². The Morgan fingerprint density at radius 1 is 1.00 bits per heavy atom. The fourth-order valence-corrected chi connectivity index (χ4v) is 3.09. The molecule has 0 saturated carbocycles. The summed E-state index contributed by atoms with van der Waals surface area (Å²) in [7, 11) is 0. The van der Waals surface area contributed by atoms with Crippen molar-refractivity contribution in [3.63, 3.8) is 0 Å². The van der Waals surface area contributed by atoms with Crippen LogP contribution < -0.4 is 10.6 Å². The summed E-state index contributed by atoms with van der Waals surface area (Å²) in [6.07, 6.45) is 1.55. The lowest BCUT2D eigenvalue weighted by molar-refractivity contribution is -0.118. The van der Waals surface area contributed by atoms with E-state index < -0.39 is 6.04 Å². The van der Waals surface area contributed by atoms with Crippen molar-refractivity contribution < 1.29 is 9.59 Å². The molecule has 3 aromatic rings. The van der Waals surface area contributed by atoms with Crippen LogP contribution in [0, 0.1) is 19.8 Å². The zero-order valence-corrected chi connectivity index (χ0v) is 17.0. The summed E-state index contributed by atoms with van der Waals surface area (Å²) in [6.45, 7) is 7.52. The molecule has 2 N–H and O–H groups in total. The minimum atomic E-state index is -0.705. The van der Waals surface area contributed by atoms with Crippen LogP contribution in [0.2, 0.25) is 0 Å². The Morgan fingerprint density at radius 3 is 2.31 bits per heavy atom. The van der Waals surface area contributed by atoms with E-state index in [0.29, 0.717) is 11.4 Å². The van der Waals surface area contributed by atoms with Crippen LogP contribution in [0.1, 0.15) is 35.7 Å². The molecule has 0 unspecified atom stereocenters. The van der Waals surface area contributed by atoms with Gasteiger partial charge in [-0.1, -0.05) is 38.1 Å². The predicted molar refractivity (Wildman–Crippen MR) is 112 cm³/mol. The number of benzene rings is 1. The van der Waals surface area contributed by atoms with Crippen LogP contribution in [-0.4, -0.2) is 32.6 Å². The Labute approximate surface area is 170 Å². The van der Waals surface area contributed by atoms with Gasteiger partial charge in [0.05, 0.1) is 22.8 Å². The molecule has 0 aliphatic rings. The average Bonchev–Trinajstić information content (AvgIpc) is 3.01. The summed E-state index contributed by atoms with van der Waals surface area (Å²) in [4.78, 5) is 29.5. The fourth-order valence-electron chi connectivity index (χ4n) is 3.09. The molecule has 1 aromatic carbocycles. The summed E-state index contributed by atoms with van der Waals surface area (Å²) in [6, 6.07) is 14.1. The molecule has 0 saturated heterocycles. The molecule has 0 fully saturated rings. The van der Waals surface area contributed by atoms with E-state index in [1.807, 2.05) is 58.0 Å². The quantitative estimate of drug-likeness (QED) is 0.675. The third-order valence-corrected chi connectivity index (χ3v) is 4.67. The molecule has 29 heavy (non-hydrogen) atoms. The van der Waals surface area contributed by atoms with Crippen molar-refractivity contribution in [2.24, 2.45) is 5.92 Å². The smallest absolute Gasteiger partial charge is 0.270 e. The third-order valence-electron chi connectivity index (χ3n) is 4.67. The molecule has 7 heteroatoms. The maximum absolute atomic E-state index is 13.0. The third kappa shape index (κ3) is 4.51. The van der Waals surface area contributed by atoms with E-state index in [-0.39, 0.29) is 23.4 Å². The van der Waals surface area contributed by atoms with Gasteiger partial charge in [0.1, 0.15) is 11.7 Å². The number of nitrogens with one attached hydrogen (secondary N) is 2. The van der Waals surface area contributed by atoms with Crippen LogP contribution in [-0.2, 0) is 4.79 Å². The van der Waals surface area contributed by atoms with E-state index >= 15 is 0 Å². The van der Waals surface area contributed by atoms with Gasteiger partial charge in [0, 0.05) is 6.20 Å². The normalized spacial score (nSPS) is 11.9. The van der Waals surface area contributed by atoms with Gasteiger partial charge in [-0.05, 0) is 44.0 Å². The van der Waals surface area contributed by atoms with Gasteiger partial charge in [-0.2, -0.15) is 5.10 Å². The first-order valence-corrected chi connectivity index (χ1v) is 9.53. The van der Waals surface area contributed by atoms with E-state index in [9.17, 15) is 9.59 Å². The maximum atomic E-state index is 13.0. The molecule has 0 spiro atoms. The number of pyridine rings is 1. The van der Waals surface area contributed by atoms with E-state index in [0.717, 1.165) is 11.4 Å². The number of rotatable bonds is 6. The lowest BCUT2D eigenvalue weighted by atomic mass is 10.0. The minimum absolute atomic E-state index is 0.104. The SMILES string of the molecule is Cc1nn(-c2ccccc2)c(C)c1NC(=O)[C@H](NC(=O)c1ccccn1)C(C)C.